The van der Waals surface area contributed by atoms with Crippen molar-refractivity contribution < 1.29 is 4.79 Å². The van der Waals surface area contributed by atoms with Crippen LogP contribution in [0.5, 0.6) is 0 Å². The maximum atomic E-state index is 12.1. The SMILES string of the molecule is C[C@]12CCC(=O)CC1CC[C@@H]1[C@@H]2CC[C@]2(C)C(CN3CCCCC3)=CC[C@@H]12. The van der Waals surface area contributed by atoms with Crippen molar-refractivity contribution in [1.82, 2.24) is 4.90 Å². The van der Waals surface area contributed by atoms with Crippen LogP contribution in [0.3, 0.4) is 0 Å². The molecule has 0 spiro atoms. The molecule has 5 rings (SSSR count). The Morgan fingerprint density at radius 1 is 1.04 bits per heavy atom. The molecule has 4 fully saturated rings. The smallest absolute Gasteiger partial charge is 0.133 e. The molecule has 0 aromatic carbocycles. The molecule has 6 atom stereocenters. The van der Waals surface area contributed by atoms with E-state index in [1.54, 1.807) is 5.57 Å². The van der Waals surface area contributed by atoms with Crippen LogP contribution in [-0.4, -0.2) is 30.3 Å². The number of ketones is 1. The number of fused-ring (bicyclic) bond motifs is 5. The maximum absolute atomic E-state index is 12.1. The first-order valence-electron chi connectivity index (χ1n) is 11.9. The molecule has 0 radical (unpaired) electrons. The highest BCUT2D eigenvalue weighted by molar-refractivity contribution is 5.79. The van der Waals surface area contributed by atoms with Crippen LogP contribution in [0.25, 0.3) is 0 Å². The average Bonchev–Trinajstić information content (AvgIpc) is 3.00. The third-order valence-electron chi connectivity index (χ3n) is 10.1. The molecular weight excluding hydrogens is 330 g/mol. The van der Waals surface area contributed by atoms with Crippen LogP contribution in [0.4, 0.5) is 0 Å². The molecular formula is C25H39NO. The van der Waals surface area contributed by atoms with E-state index in [2.05, 4.69) is 24.8 Å². The molecule has 150 valence electrons. The van der Waals surface area contributed by atoms with Gasteiger partial charge < -0.3 is 0 Å². The van der Waals surface area contributed by atoms with Crippen LogP contribution in [-0.2, 0) is 4.79 Å². The summed E-state index contributed by atoms with van der Waals surface area (Å²) in [5, 5.41) is 0. The first kappa shape index (κ1) is 18.4. The summed E-state index contributed by atoms with van der Waals surface area (Å²) in [6.07, 6.45) is 16.7. The van der Waals surface area contributed by atoms with Crippen molar-refractivity contribution in [3.05, 3.63) is 11.6 Å². The zero-order valence-electron chi connectivity index (χ0n) is 17.6. The van der Waals surface area contributed by atoms with Crippen molar-refractivity contribution in [3.63, 3.8) is 0 Å². The predicted octanol–water partition coefficient (Wildman–Crippen LogP) is 5.62. The fourth-order valence-electron chi connectivity index (χ4n) is 8.30. The van der Waals surface area contributed by atoms with E-state index in [0.29, 0.717) is 22.5 Å². The van der Waals surface area contributed by atoms with Crippen molar-refractivity contribution in [3.8, 4) is 0 Å². The predicted molar refractivity (Wildman–Crippen MR) is 110 cm³/mol. The normalized spacial score (nSPS) is 47.8. The highest BCUT2D eigenvalue weighted by Gasteiger charge is 2.58. The van der Waals surface area contributed by atoms with E-state index in [9.17, 15) is 4.79 Å². The monoisotopic (exact) mass is 369 g/mol. The Morgan fingerprint density at radius 3 is 2.67 bits per heavy atom. The molecule has 27 heavy (non-hydrogen) atoms. The number of hydrogen-bond donors (Lipinski definition) is 0. The van der Waals surface area contributed by atoms with Crippen LogP contribution in [0, 0.1) is 34.5 Å². The van der Waals surface area contributed by atoms with Crippen LogP contribution >= 0.6 is 0 Å². The van der Waals surface area contributed by atoms with Crippen LogP contribution in [0.2, 0.25) is 0 Å². The first-order chi connectivity index (χ1) is 13.0. The summed E-state index contributed by atoms with van der Waals surface area (Å²) in [5.74, 6) is 3.90. The maximum Gasteiger partial charge on any atom is 0.133 e. The molecule has 1 heterocycles. The highest BCUT2D eigenvalue weighted by atomic mass is 16.1. The van der Waals surface area contributed by atoms with Gasteiger partial charge in [-0.1, -0.05) is 31.9 Å². The van der Waals surface area contributed by atoms with Gasteiger partial charge in [-0.2, -0.15) is 0 Å². The highest BCUT2D eigenvalue weighted by Crippen LogP contribution is 2.66. The van der Waals surface area contributed by atoms with E-state index in [1.807, 2.05) is 0 Å². The van der Waals surface area contributed by atoms with E-state index in [4.69, 9.17) is 0 Å². The molecule has 0 bridgehead atoms. The van der Waals surface area contributed by atoms with Crippen molar-refractivity contribution in [2.24, 2.45) is 34.5 Å². The van der Waals surface area contributed by atoms with Gasteiger partial charge >= 0.3 is 0 Å². The summed E-state index contributed by atoms with van der Waals surface area (Å²) in [4.78, 5) is 14.8. The number of nitrogens with zero attached hydrogens (tertiary/aromatic N) is 1. The van der Waals surface area contributed by atoms with Crippen LogP contribution in [0.15, 0.2) is 11.6 Å². The lowest BCUT2D eigenvalue weighted by atomic mass is 9.45. The van der Waals surface area contributed by atoms with E-state index in [-0.39, 0.29) is 0 Å². The number of rotatable bonds is 2. The Bertz CT molecular complexity index is 632. The third kappa shape index (κ3) is 2.88. The van der Waals surface area contributed by atoms with E-state index < -0.39 is 0 Å². The van der Waals surface area contributed by atoms with Crippen molar-refractivity contribution in [2.45, 2.75) is 84.5 Å². The fourth-order valence-corrected chi connectivity index (χ4v) is 8.30. The van der Waals surface area contributed by atoms with Gasteiger partial charge in [0.1, 0.15) is 5.78 Å². The number of carbonyl (C=O) groups is 1. The summed E-state index contributed by atoms with van der Waals surface area (Å²) in [7, 11) is 0. The van der Waals surface area contributed by atoms with Gasteiger partial charge in [-0.15, -0.1) is 0 Å². The summed E-state index contributed by atoms with van der Waals surface area (Å²) in [6, 6.07) is 0. The Labute approximate surface area is 166 Å². The van der Waals surface area contributed by atoms with Crippen molar-refractivity contribution >= 4 is 5.78 Å². The van der Waals surface area contributed by atoms with Crippen LogP contribution < -0.4 is 0 Å². The number of carbonyl (C=O) groups excluding carboxylic acids is 1. The minimum absolute atomic E-state index is 0.452. The van der Waals surface area contributed by atoms with E-state index >= 15 is 0 Å². The lowest BCUT2D eigenvalue weighted by molar-refractivity contribution is -0.137. The van der Waals surface area contributed by atoms with Gasteiger partial charge in [0.25, 0.3) is 0 Å². The quantitative estimate of drug-likeness (QED) is 0.589. The number of allylic oxidation sites excluding steroid dienone is 1. The summed E-state index contributed by atoms with van der Waals surface area (Å²) < 4.78 is 0. The molecule has 5 aliphatic rings. The second-order valence-electron chi connectivity index (χ2n) is 11.2. The molecule has 0 aromatic heterocycles. The molecule has 2 nitrogen and oxygen atoms in total. The molecule has 3 saturated carbocycles. The van der Waals surface area contributed by atoms with Gasteiger partial charge in [0, 0.05) is 19.4 Å². The van der Waals surface area contributed by atoms with Crippen molar-refractivity contribution in [1.29, 1.82) is 0 Å². The largest absolute Gasteiger partial charge is 0.300 e. The summed E-state index contributed by atoms with van der Waals surface area (Å²) >= 11 is 0. The number of likely N-dealkylation sites (tertiary alicyclic amines) is 1. The van der Waals surface area contributed by atoms with Crippen LogP contribution in [0.1, 0.15) is 84.5 Å². The molecule has 1 saturated heterocycles. The zero-order valence-corrected chi connectivity index (χ0v) is 17.6. The standard InChI is InChI=1S/C25H39NO/c1-24-12-10-20(27)16-18(24)6-8-21-22-9-7-19(17-26-14-4-3-5-15-26)25(22,2)13-11-23(21)24/h7,18,21-23H,3-6,8-17H2,1-2H3/t18?,21-,22-,23-,24-,25+/m0/s1. The van der Waals surface area contributed by atoms with Gasteiger partial charge in [-0.25, -0.2) is 0 Å². The molecule has 4 aliphatic carbocycles. The molecule has 1 aliphatic heterocycles. The molecule has 0 amide bonds. The first-order valence-corrected chi connectivity index (χ1v) is 11.9. The minimum atomic E-state index is 0.452. The Morgan fingerprint density at radius 2 is 1.85 bits per heavy atom. The van der Waals surface area contributed by atoms with Gasteiger partial charge in [-0.3, -0.25) is 9.69 Å². The Balaban J connectivity index is 1.34. The third-order valence-corrected chi connectivity index (χ3v) is 10.1. The molecule has 0 N–H and O–H groups in total. The van der Waals surface area contributed by atoms with E-state index in [0.717, 1.165) is 30.6 Å². The number of Topliss-reactive ketones (excluding diaryl/α,β-unsaturated/α-hetero) is 1. The zero-order chi connectivity index (χ0) is 18.6. The number of piperidine rings is 1. The molecule has 1 unspecified atom stereocenters. The van der Waals surface area contributed by atoms with E-state index in [1.165, 1.54) is 77.4 Å². The van der Waals surface area contributed by atoms with Crippen molar-refractivity contribution in [2.75, 3.05) is 19.6 Å². The van der Waals surface area contributed by atoms with Gasteiger partial charge in [0.15, 0.2) is 0 Å². The summed E-state index contributed by atoms with van der Waals surface area (Å²) in [6.45, 7) is 9.07. The summed E-state index contributed by atoms with van der Waals surface area (Å²) in [5.41, 5.74) is 2.71. The molecule has 2 heteroatoms. The van der Waals surface area contributed by atoms with Gasteiger partial charge in [0.2, 0.25) is 0 Å². The second kappa shape index (κ2) is 6.71. The molecule has 0 aromatic rings. The van der Waals surface area contributed by atoms with Gasteiger partial charge in [0.05, 0.1) is 0 Å². The van der Waals surface area contributed by atoms with Gasteiger partial charge in [-0.05, 0) is 99.0 Å². The fraction of sp³-hybridized carbons (Fsp3) is 0.880. The Hall–Kier alpha value is -0.630. The average molecular weight is 370 g/mol. The second-order valence-corrected chi connectivity index (χ2v) is 11.2. The Kier molecular flexibility index (Phi) is 4.58. The lowest BCUT2D eigenvalue weighted by Gasteiger charge is -2.60. The number of hydrogen-bond acceptors (Lipinski definition) is 2. The lowest BCUT2D eigenvalue weighted by Crippen LogP contribution is -2.53. The minimum Gasteiger partial charge on any atom is -0.300 e. The topological polar surface area (TPSA) is 20.3 Å².